The zero-order valence-corrected chi connectivity index (χ0v) is 15.8. The van der Waals surface area contributed by atoms with E-state index in [0.717, 1.165) is 24.3 Å². The number of nitrogens with zero attached hydrogens (tertiary/aromatic N) is 1. The van der Waals surface area contributed by atoms with Crippen LogP contribution in [0.3, 0.4) is 0 Å². The fourth-order valence-corrected chi connectivity index (χ4v) is 2.69. The van der Waals surface area contributed by atoms with Gasteiger partial charge in [-0.1, -0.05) is 18.5 Å². The first kappa shape index (κ1) is 21.9. The maximum absolute atomic E-state index is 12.7. The zero-order valence-electron chi connectivity index (χ0n) is 14.2. The molecule has 0 aliphatic rings. The Balaban J connectivity index is 2.45. The third-order valence-corrected chi connectivity index (χ3v) is 4.17. The molecule has 12 heteroatoms. The van der Waals surface area contributed by atoms with E-state index in [2.05, 4.69) is 0 Å². The number of alkyl halides is 3. The number of aryl methyl sites for hydroxylation is 1. The molecule has 0 spiro atoms. The molecule has 0 aliphatic heterocycles. The first-order valence-electron chi connectivity index (χ1n) is 7.65. The van der Waals surface area contributed by atoms with Crippen molar-refractivity contribution in [3.63, 3.8) is 0 Å². The maximum Gasteiger partial charge on any atom is 0.547 e. The highest BCUT2D eigenvalue weighted by molar-refractivity contribution is 7.37. The fourth-order valence-electron chi connectivity index (χ4n) is 2.23. The molecule has 0 aromatic heterocycles. The van der Waals surface area contributed by atoms with Crippen LogP contribution in [0, 0.1) is 10.1 Å². The molecule has 7 nitrogen and oxygen atoms in total. The third kappa shape index (κ3) is 5.31. The average Bonchev–Trinajstić information content (AvgIpc) is 2.60. The Morgan fingerprint density at radius 2 is 1.89 bits per heavy atom. The lowest BCUT2D eigenvalue weighted by molar-refractivity contribution is -0.385. The standard InChI is InChI=1S/C16H12ClF3NO6P/c1-2-9-5-12(21(22)23)15(26-8-28(24)25)7-14(9)27-13-4-3-10(6-11(13)17)16(18,19)20/h3-7H,2,8H2,1H3/p+1. The number of hydrogen-bond donors (Lipinski definition) is 1. The minimum absolute atomic E-state index is 0.0536. The molecule has 0 bridgehead atoms. The Hall–Kier alpha value is -2.42. The minimum atomic E-state index is -4.58. The lowest BCUT2D eigenvalue weighted by Gasteiger charge is -2.14. The summed E-state index contributed by atoms with van der Waals surface area (Å²) < 4.78 is 59.6. The van der Waals surface area contributed by atoms with Crippen molar-refractivity contribution >= 4 is 25.3 Å². The largest absolute Gasteiger partial charge is 0.547 e. The summed E-state index contributed by atoms with van der Waals surface area (Å²) in [5.74, 6) is -0.368. The van der Waals surface area contributed by atoms with Gasteiger partial charge in [-0.15, -0.1) is 0 Å². The predicted molar refractivity (Wildman–Crippen MR) is 94.3 cm³/mol. The number of rotatable bonds is 7. The van der Waals surface area contributed by atoms with Gasteiger partial charge in [0.25, 0.3) is 0 Å². The van der Waals surface area contributed by atoms with Crippen LogP contribution in [0.2, 0.25) is 5.02 Å². The average molecular weight is 439 g/mol. The normalized spacial score (nSPS) is 11.9. The van der Waals surface area contributed by atoms with E-state index in [1.807, 2.05) is 0 Å². The van der Waals surface area contributed by atoms with Gasteiger partial charge in [-0.05, 0) is 29.2 Å². The van der Waals surface area contributed by atoms with Crippen molar-refractivity contribution in [2.45, 2.75) is 19.5 Å². The van der Waals surface area contributed by atoms with Gasteiger partial charge in [-0.25, -0.2) is 0 Å². The summed E-state index contributed by atoms with van der Waals surface area (Å²) in [4.78, 5) is 19.3. The van der Waals surface area contributed by atoms with Crippen LogP contribution < -0.4 is 9.47 Å². The highest BCUT2D eigenvalue weighted by Crippen LogP contribution is 2.41. The number of halogens is 4. The number of benzene rings is 2. The molecular formula is C16H13ClF3NO6P+. The van der Waals surface area contributed by atoms with Crippen molar-refractivity contribution in [3.05, 3.63) is 56.6 Å². The Kier molecular flexibility index (Phi) is 6.82. The van der Waals surface area contributed by atoms with Gasteiger partial charge in [-0.2, -0.15) is 18.1 Å². The summed E-state index contributed by atoms with van der Waals surface area (Å²) in [6, 6.07) is 4.79. The van der Waals surface area contributed by atoms with Crippen LogP contribution >= 0.6 is 19.6 Å². The second-order valence-corrected chi connectivity index (χ2v) is 6.78. The van der Waals surface area contributed by atoms with Crippen molar-refractivity contribution in [2.75, 3.05) is 6.35 Å². The lowest BCUT2D eigenvalue weighted by atomic mass is 10.1. The smallest absolute Gasteiger partial charge is 0.455 e. The van der Waals surface area contributed by atoms with E-state index in [1.54, 1.807) is 6.92 Å². The van der Waals surface area contributed by atoms with E-state index in [1.165, 1.54) is 0 Å². The van der Waals surface area contributed by atoms with E-state index in [9.17, 15) is 27.9 Å². The van der Waals surface area contributed by atoms with Crippen LogP contribution in [-0.2, 0) is 17.2 Å². The van der Waals surface area contributed by atoms with E-state index < -0.39 is 36.7 Å². The molecule has 0 saturated heterocycles. The third-order valence-electron chi connectivity index (χ3n) is 3.53. The minimum Gasteiger partial charge on any atom is -0.455 e. The van der Waals surface area contributed by atoms with Gasteiger partial charge < -0.3 is 9.47 Å². The SMILES string of the molecule is CCc1cc([N+](=O)[O-])c(OC[P+](=O)O)cc1Oc1ccc(C(F)(F)F)cc1Cl. The number of hydrogen-bond acceptors (Lipinski definition) is 5. The van der Waals surface area contributed by atoms with Crippen molar-refractivity contribution in [3.8, 4) is 17.2 Å². The monoisotopic (exact) mass is 438 g/mol. The summed E-state index contributed by atoms with van der Waals surface area (Å²) in [6.07, 6.45) is -4.96. The molecule has 150 valence electrons. The summed E-state index contributed by atoms with van der Waals surface area (Å²) >= 11 is 5.87. The van der Waals surface area contributed by atoms with Crippen LogP contribution in [0.5, 0.6) is 17.2 Å². The van der Waals surface area contributed by atoms with Crippen molar-refractivity contribution < 1.29 is 37.0 Å². The molecule has 1 unspecified atom stereocenters. The molecule has 1 N–H and O–H groups in total. The first-order chi connectivity index (χ1) is 13.0. The molecule has 28 heavy (non-hydrogen) atoms. The number of nitro groups is 1. The molecule has 2 aromatic carbocycles. The van der Waals surface area contributed by atoms with Gasteiger partial charge in [-0.3, -0.25) is 10.1 Å². The summed E-state index contributed by atoms with van der Waals surface area (Å²) in [5, 5.41) is 10.9. The summed E-state index contributed by atoms with van der Waals surface area (Å²) in [6.45, 7) is 1.69. The maximum atomic E-state index is 12.7. The van der Waals surface area contributed by atoms with E-state index in [-0.39, 0.29) is 22.3 Å². The molecular weight excluding hydrogens is 426 g/mol. The molecule has 0 heterocycles. The van der Waals surface area contributed by atoms with E-state index in [0.29, 0.717) is 18.1 Å². The first-order valence-corrected chi connectivity index (χ1v) is 9.42. The topological polar surface area (TPSA) is 98.9 Å². The number of nitro benzene ring substituents is 1. The van der Waals surface area contributed by atoms with Gasteiger partial charge >= 0.3 is 26.2 Å². The van der Waals surface area contributed by atoms with Crippen molar-refractivity contribution in [1.29, 1.82) is 0 Å². The number of ether oxygens (including phenoxy) is 2. The van der Waals surface area contributed by atoms with Crippen LogP contribution in [0.25, 0.3) is 0 Å². The molecule has 0 radical (unpaired) electrons. The van der Waals surface area contributed by atoms with Gasteiger partial charge in [0.2, 0.25) is 5.75 Å². The van der Waals surface area contributed by atoms with Crippen molar-refractivity contribution in [2.24, 2.45) is 0 Å². The molecule has 0 fully saturated rings. The highest BCUT2D eigenvalue weighted by Gasteiger charge is 2.31. The second-order valence-electron chi connectivity index (χ2n) is 5.41. The molecule has 2 aromatic rings. The molecule has 0 saturated carbocycles. The Morgan fingerprint density at radius 1 is 1.21 bits per heavy atom. The lowest BCUT2D eigenvalue weighted by Crippen LogP contribution is -2.05. The van der Waals surface area contributed by atoms with Gasteiger partial charge in [0, 0.05) is 17.7 Å². The molecule has 0 aliphatic carbocycles. The van der Waals surface area contributed by atoms with Crippen LogP contribution in [0.15, 0.2) is 30.3 Å². The summed E-state index contributed by atoms with van der Waals surface area (Å²) in [7, 11) is -2.71. The Labute approximate surface area is 162 Å². The molecule has 1 atom stereocenters. The van der Waals surface area contributed by atoms with Crippen LogP contribution in [-0.4, -0.2) is 16.2 Å². The van der Waals surface area contributed by atoms with E-state index >= 15 is 0 Å². The Bertz CT molecular complexity index is 922. The molecule has 0 amide bonds. The Morgan fingerprint density at radius 3 is 2.39 bits per heavy atom. The van der Waals surface area contributed by atoms with Crippen LogP contribution in [0.4, 0.5) is 18.9 Å². The van der Waals surface area contributed by atoms with Gasteiger partial charge in [0.15, 0.2) is 0 Å². The molecule has 2 rings (SSSR count). The predicted octanol–water partition coefficient (Wildman–Crippen LogP) is 5.69. The summed E-state index contributed by atoms with van der Waals surface area (Å²) in [5.41, 5.74) is -1.04. The zero-order chi connectivity index (χ0) is 21.1. The highest BCUT2D eigenvalue weighted by atomic mass is 35.5. The van der Waals surface area contributed by atoms with Crippen molar-refractivity contribution in [1.82, 2.24) is 0 Å². The quantitative estimate of drug-likeness (QED) is 0.338. The fraction of sp³-hybridized carbons (Fsp3) is 0.250. The van der Waals surface area contributed by atoms with Crippen LogP contribution in [0.1, 0.15) is 18.1 Å². The van der Waals surface area contributed by atoms with Gasteiger partial charge in [0.05, 0.1) is 15.5 Å². The van der Waals surface area contributed by atoms with Gasteiger partial charge in [0.1, 0.15) is 11.5 Å². The second kappa shape index (κ2) is 8.72. The van der Waals surface area contributed by atoms with E-state index in [4.69, 9.17) is 26.0 Å².